The van der Waals surface area contributed by atoms with Crippen molar-refractivity contribution in [3.63, 3.8) is 0 Å². The number of ether oxygens (including phenoxy) is 1. The predicted molar refractivity (Wildman–Crippen MR) is 119 cm³/mol. The van der Waals surface area contributed by atoms with Crippen LogP contribution < -0.4 is 0 Å². The van der Waals surface area contributed by atoms with E-state index in [0.29, 0.717) is 12.0 Å². The van der Waals surface area contributed by atoms with Crippen LogP contribution in [0.4, 0.5) is 0 Å². The van der Waals surface area contributed by atoms with E-state index in [9.17, 15) is 5.11 Å². The summed E-state index contributed by atoms with van der Waals surface area (Å²) < 4.78 is 6.11. The van der Waals surface area contributed by atoms with Gasteiger partial charge in [0.2, 0.25) is 0 Å². The Kier molecular flexibility index (Phi) is 6.19. The molecule has 4 heteroatoms. The van der Waals surface area contributed by atoms with Gasteiger partial charge in [-0.05, 0) is 49.4 Å². The molecule has 1 aliphatic carbocycles. The topological polar surface area (TPSA) is 35.9 Å². The third-order valence-corrected chi connectivity index (χ3v) is 7.51. The van der Waals surface area contributed by atoms with E-state index in [4.69, 9.17) is 4.74 Å². The molecule has 2 aromatic carbocycles. The first-order valence-electron chi connectivity index (χ1n) is 11.6. The summed E-state index contributed by atoms with van der Waals surface area (Å²) in [5, 5.41) is 11.0. The van der Waals surface area contributed by atoms with Crippen LogP contribution in [0.5, 0.6) is 0 Å². The van der Waals surface area contributed by atoms with Crippen molar-refractivity contribution in [2.24, 2.45) is 0 Å². The average Bonchev–Trinajstić information content (AvgIpc) is 2.80. The SMILES string of the molecule is O[C@@H]1C[C@H]2OCCN(Cc3ccccc3)[C@@H]2C[C@H]1N1CCC(c2ccccc2)CC1. The Balaban J connectivity index is 1.24. The number of likely N-dealkylation sites (tertiary alicyclic amines) is 1. The second kappa shape index (κ2) is 9.19. The van der Waals surface area contributed by atoms with E-state index in [-0.39, 0.29) is 18.2 Å². The van der Waals surface area contributed by atoms with Crippen LogP contribution >= 0.6 is 0 Å². The first-order chi connectivity index (χ1) is 14.8. The Hall–Kier alpha value is -1.72. The summed E-state index contributed by atoms with van der Waals surface area (Å²) in [6.45, 7) is 4.89. The molecule has 1 N–H and O–H groups in total. The highest BCUT2D eigenvalue weighted by atomic mass is 16.5. The number of aliphatic hydroxyl groups is 1. The van der Waals surface area contributed by atoms with Gasteiger partial charge >= 0.3 is 0 Å². The maximum absolute atomic E-state index is 11.0. The molecule has 0 spiro atoms. The van der Waals surface area contributed by atoms with Crippen LogP contribution in [0.2, 0.25) is 0 Å². The number of piperidine rings is 1. The molecule has 0 aromatic heterocycles. The lowest BCUT2D eigenvalue weighted by Crippen LogP contribution is -2.61. The van der Waals surface area contributed by atoms with Crippen LogP contribution in [-0.2, 0) is 11.3 Å². The number of hydrogen-bond donors (Lipinski definition) is 1. The van der Waals surface area contributed by atoms with Gasteiger partial charge in [0.15, 0.2) is 0 Å². The molecule has 3 fully saturated rings. The van der Waals surface area contributed by atoms with Gasteiger partial charge < -0.3 is 9.84 Å². The van der Waals surface area contributed by atoms with Crippen molar-refractivity contribution in [1.29, 1.82) is 0 Å². The van der Waals surface area contributed by atoms with Crippen molar-refractivity contribution < 1.29 is 9.84 Å². The van der Waals surface area contributed by atoms with Gasteiger partial charge in [0.05, 0.1) is 18.8 Å². The molecule has 0 amide bonds. The summed E-state index contributed by atoms with van der Waals surface area (Å²) in [4.78, 5) is 5.16. The molecule has 0 bridgehead atoms. The molecule has 0 unspecified atom stereocenters. The van der Waals surface area contributed by atoms with E-state index in [1.165, 1.54) is 24.0 Å². The Morgan fingerprint density at radius 3 is 2.27 bits per heavy atom. The predicted octanol–water partition coefficient (Wildman–Crippen LogP) is 3.66. The first kappa shape index (κ1) is 20.2. The average molecular weight is 407 g/mol. The molecule has 2 saturated heterocycles. The first-order valence-corrected chi connectivity index (χ1v) is 11.6. The molecular weight excluding hydrogens is 372 g/mol. The fourth-order valence-corrected chi connectivity index (χ4v) is 5.86. The van der Waals surface area contributed by atoms with E-state index in [1.807, 2.05) is 0 Å². The van der Waals surface area contributed by atoms with E-state index < -0.39 is 0 Å². The second-order valence-corrected chi connectivity index (χ2v) is 9.26. The summed E-state index contributed by atoms with van der Waals surface area (Å²) in [6, 6.07) is 22.3. The van der Waals surface area contributed by atoms with Gasteiger partial charge in [0.25, 0.3) is 0 Å². The minimum Gasteiger partial charge on any atom is -0.391 e. The molecule has 3 aliphatic rings. The Labute approximate surface area is 180 Å². The van der Waals surface area contributed by atoms with Crippen LogP contribution in [0.3, 0.4) is 0 Å². The highest BCUT2D eigenvalue weighted by Gasteiger charge is 2.44. The zero-order valence-electron chi connectivity index (χ0n) is 17.8. The van der Waals surface area contributed by atoms with E-state index in [0.717, 1.165) is 45.6 Å². The lowest BCUT2D eigenvalue weighted by atomic mass is 9.81. The van der Waals surface area contributed by atoms with Crippen LogP contribution in [-0.4, -0.2) is 65.4 Å². The normalized spacial score (nSPS) is 31.4. The van der Waals surface area contributed by atoms with Gasteiger partial charge in [-0.25, -0.2) is 0 Å². The van der Waals surface area contributed by atoms with Gasteiger partial charge in [-0.2, -0.15) is 0 Å². The highest BCUT2D eigenvalue weighted by Crippen LogP contribution is 2.35. The van der Waals surface area contributed by atoms with E-state index >= 15 is 0 Å². The van der Waals surface area contributed by atoms with Gasteiger partial charge in [-0.15, -0.1) is 0 Å². The zero-order chi connectivity index (χ0) is 20.3. The number of morpholine rings is 1. The summed E-state index contributed by atoms with van der Waals surface area (Å²) >= 11 is 0. The smallest absolute Gasteiger partial charge is 0.0756 e. The van der Waals surface area contributed by atoms with Crippen molar-refractivity contribution in [2.75, 3.05) is 26.2 Å². The van der Waals surface area contributed by atoms with Crippen molar-refractivity contribution in [1.82, 2.24) is 9.80 Å². The molecule has 2 aromatic rings. The second-order valence-electron chi connectivity index (χ2n) is 9.26. The van der Waals surface area contributed by atoms with Crippen molar-refractivity contribution >= 4 is 0 Å². The monoisotopic (exact) mass is 406 g/mol. The number of aliphatic hydroxyl groups excluding tert-OH is 1. The zero-order valence-corrected chi connectivity index (χ0v) is 17.8. The third-order valence-electron chi connectivity index (χ3n) is 7.51. The standard InChI is InChI=1S/C26H34N2O2/c29-25-18-26-24(28(15-16-30-26)19-20-7-3-1-4-8-20)17-23(25)27-13-11-22(12-14-27)21-9-5-2-6-10-21/h1-10,22-26,29H,11-19H2/t23-,24-,25-,26-/m1/s1. The molecule has 5 rings (SSSR count). The summed E-state index contributed by atoms with van der Waals surface area (Å²) in [5.74, 6) is 0.656. The van der Waals surface area contributed by atoms with E-state index in [2.05, 4.69) is 70.5 Å². The van der Waals surface area contributed by atoms with Gasteiger partial charge in [-0.3, -0.25) is 9.80 Å². The molecule has 2 aliphatic heterocycles. The lowest BCUT2D eigenvalue weighted by molar-refractivity contribution is -0.136. The summed E-state index contributed by atoms with van der Waals surface area (Å²) in [6.07, 6.45) is 4.03. The van der Waals surface area contributed by atoms with Crippen LogP contribution in [0.1, 0.15) is 42.7 Å². The van der Waals surface area contributed by atoms with Crippen LogP contribution in [0.25, 0.3) is 0 Å². The molecule has 160 valence electrons. The van der Waals surface area contributed by atoms with Crippen molar-refractivity contribution in [3.05, 3.63) is 71.8 Å². The summed E-state index contributed by atoms with van der Waals surface area (Å²) in [5.41, 5.74) is 2.83. The lowest BCUT2D eigenvalue weighted by Gasteiger charge is -2.51. The fraction of sp³-hybridized carbons (Fsp3) is 0.538. The Morgan fingerprint density at radius 2 is 1.53 bits per heavy atom. The molecule has 2 heterocycles. The maximum Gasteiger partial charge on any atom is 0.0756 e. The summed E-state index contributed by atoms with van der Waals surface area (Å²) in [7, 11) is 0. The van der Waals surface area contributed by atoms with Gasteiger partial charge in [0.1, 0.15) is 0 Å². The Morgan fingerprint density at radius 1 is 0.833 bits per heavy atom. The number of benzene rings is 2. The highest BCUT2D eigenvalue weighted by molar-refractivity contribution is 5.20. The minimum atomic E-state index is -0.281. The van der Waals surface area contributed by atoms with Gasteiger partial charge in [-0.1, -0.05) is 60.7 Å². The van der Waals surface area contributed by atoms with Gasteiger partial charge in [0, 0.05) is 31.6 Å². The molecule has 1 saturated carbocycles. The molecular formula is C26H34N2O2. The maximum atomic E-state index is 11.0. The molecule has 0 radical (unpaired) electrons. The largest absolute Gasteiger partial charge is 0.391 e. The van der Waals surface area contributed by atoms with Crippen molar-refractivity contribution in [2.45, 2.75) is 62.4 Å². The Bertz CT molecular complexity index is 791. The number of fused-ring (bicyclic) bond motifs is 1. The van der Waals surface area contributed by atoms with Crippen molar-refractivity contribution in [3.8, 4) is 0 Å². The van der Waals surface area contributed by atoms with Crippen LogP contribution in [0, 0.1) is 0 Å². The number of nitrogens with zero attached hydrogens (tertiary/aromatic N) is 2. The number of hydrogen-bond acceptors (Lipinski definition) is 4. The molecule has 30 heavy (non-hydrogen) atoms. The quantitative estimate of drug-likeness (QED) is 0.841. The van der Waals surface area contributed by atoms with E-state index in [1.54, 1.807) is 0 Å². The third kappa shape index (κ3) is 4.33. The minimum absolute atomic E-state index is 0.163. The fourth-order valence-electron chi connectivity index (χ4n) is 5.86. The molecule has 4 nitrogen and oxygen atoms in total. The van der Waals surface area contributed by atoms with Crippen LogP contribution in [0.15, 0.2) is 60.7 Å². The molecule has 4 atom stereocenters. The number of rotatable bonds is 4.